The van der Waals surface area contributed by atoms with Gasteiger partial charge >= 0.3 is 0 Å². The molecule has 0 unspecified atom stereocenters. The zero-order valence-corrected chi connectivity index (χ0v) is 27.0. The van der Waals surface area contributed by atoms with Crippen LogP contribution in [0.15, 0.2) is 114 Å². The maximum atomic E-state index is 14.5. The van der Waals surface area contributed by atoms with Gasteiger partial charge in [0.15, 0.2) is 0 Å². The molecular weight excluding hydrogens is 586 g/mol. The van der Waals surface area contributed by atoms with Crippen LogP contribution in [0.5, 0.6) is 5.75 Å². The summed E-state index contributed by atoms with van der Waals surface area (Å²) in [6.07, 6.45) is 0.972. The van der Waals surface area contributed by atoms with Crippen LogP contribution in [-0.2, 0) is 32.6 Å². The monoisotopic (exact) mass is 627 g/mol. The second-order valence-electron chi connectivity index (χ2n) is 11.1. The van der Waals surface area contributed by atoms with Crippen LogP contribution < -0.4 is 14.4 Å². The molecule has 0 aliphatic rings. The second kappa shape index (κ2) is 15.4. The third kappa shape index (κ3) is 8.73. The van der Waals surface area contributed by atoms with Crippen molar-refractivity contribution in [3.05, 3.63) is 126 Å². The van der Waals surface area contributed by atoms with Crippen LogP contribution in [0.1, 0.15) is 37.0 Å². The number of nitrogens with one attached hydrogen (secondary N) is 1. The van der Waals surface area contributed by atoms with Crippen molar-refractivity contribution < 1.29 is 22.7 Å². The van der Waals surface area contributed by atoms with Gasteiger partial charge in [-0.15, -0.1) is 0 Å². The van der Waals surface area contributed by atoms with Crippen molar-refractivity contribution in [2.75, 3.05) is 18.0 Å². The molecule has 0 fully saturated rings. The van der Waals surface area contributed by atoms with Crippen LogP contribution in [0.4, 0.5) is 5.69 Å². The molecule has 0 saturated heterocycles. The number of carbonyl (C=O) groups is 2. The van der Waals surface area contributed by atoms with Gasteiger partial charge < -0.3 is 15.0 Å². The van der Waals surface area contributed by atoms with Crippen LogP contribution in [0.3, 0.4) is 0 Å². The number of aryl methyl sites for hydroxylation is 1. The molecule has 0 heterocycles. The van der Waals surface area contributed by atoms with E-state index in [0.717, 1.165) is 21.0 Å². The molecule has 0 radical (unpaired) electrons. The molecule has 0 saturated carbocycles. The summed E-state index contributed by atoms with van der Waals surface area (Å²) in [4.78, 5) is 30.0. The lowest BCUT2D eigenvalue weighted by molar-refractivity contribution is -0.140. The molecule has 8 nitrogen and oxygen atoms in total. The van der Waals surface area contributed by atoms with Gasteiger partial charge in [-0.1, -0.05) is 91.3 Å². The lowest BCUT2D eigenvalue weighted by Crippen LogP contribution is -2.54. The highest BCUT2D eigenvalue weighted by molar-refractivity contribution is 7.92. The second-order valence-corrected chi connectivity index (χ2v) is 12.9. The van der Waals surface area contributed by atoms with Crippen molar-refractivity contribution in [2.24, 2.45) is 0 Å². The molecule has 0 aliphatic heterocycles. The zero-order chi connectivity index (χ0) is 32.4. The molecule has 0 aliphatic carbocycles. The maximum absolute atomic E-state index is 14.5. The molecule has 0 bridgehead atoms. The molecule has 4 rings (SSSR count). The molecule has 4 aromatic carbocycles. The largest absolute Gasteiger partial charge is 0.497 e. The van der Waals surface area contributed by atoms with E-state index in [0.29, 0.717) is 12.2 Å². The summed E-state index contributed by atoms with van der Waals surface area (Å²) >= 11 is 0. The summed E-state index contributed by atoms with van der Waals surface area (Å²) in [5.41, 5.74) is 2.99. The Hall–Kier alpha value is -4.63. The average molecular weight is 628 g/mol. The Balaban J connectivity index is 1.81. The molecule has 2 amide bonds. The highest BCUT2D eigenvalue weighted by Crippen LogP contribution is 2.28. The zero-order valence-electron chi connectivity index (χ0n) is 26.2. The number of hydrogen-bond donors (Lipinski definition) is 1. The molecule has 0 aromatic heterocycles. The number of hydrogen-bond acceptors (Lipinski definition) is 5. The maximum Gasteiger partial charge on any atom is 0.264 e. The number of benzene rings is 4. The molecular formula is C36H41N3O5S. The molecule has 236 valence electrons. The van der Waals surface area contributed by atoms with Crippen LogP contribution in [-0.4, -0.2) is 50.9 Å². The fraction of sp³-hybridized carbons (Fsp3) is 0.278. The summed E-state index contributed by atoms with van der Waals surface area (Å²) in [6, 6.07) is 30.8. The first-order valence-electron chi connectivity index (χ1n) is 15.0. The van der Waals surface area contributed by atoms with E-state index in [4.69, 9.17) is 4.74 Å². The fourth-order valence-electron chi connectivity index (χ4n) is 5.02. The number of amides is 2. The summed E-state index contributed by atoms with van der Waals surface area (Å²) in [5, 5.41) is 3.06. The Bertz CT molecular complexity index is 1680. The van der Waals surface area contributed by atoms with Crippen molar-refractivity contribution in [1.82, 2.24) is 10.2 Å². The molecule has 1 N–H and O–H groups in total. The Labute approximate surface area is 266 Å². The van der Waals surface area contributed by atoms with Crippen LogP contribution >= 0.6 is 0 Å². The minimum Gasteiger partial charge on any atom is -0.497 e. The summed E-state index contributed by atoms with van der Waals surface area (Å²) in [5.74, 6) is -0.369. The van der Waals surface area contributed by atoms with Crippen molar-refractivity contribution in [1.29, 1.82) is 0 Å². The molecule has 45 heavy (non-hydrogen) atoms. The van der Waals surface area contributed by atoms with Gasteiger partial charge in [-0.3, -0.25) is 13.9 Å². The van der Waals surface area contributed by atoms with E-state index in [2.05, 4.69) is 5.32 Å². The lowest BCUT2D eigenvalue weighted by Gasteiger charge is -2.34. The first-order chi connectivity index (χ1) is 21.6. The summed E-state index contributed by atoms with van der Waals surface area (Å²) in [6.45, 7) is 5.44. The minimum absolute atomic E-state index is 0.0428. The molecule has 0 spiro atoms. The van der Waals surface area contributed by atoms with E-state index in [1.807, 2.05) is 75.4 Å². The Morgan fingerprint density at radius 1 is 0.844 bits per heavy atom. The summed E-state index contributed by atoms with van der Waals surface area (Å²) in [7, 11) is -2.69. The fourth-order valence-corrected chi connectivity index (χ4v) is 6.44. The Morgan fingerprint density at radius 2 is 1.49 bits per heavy atom. The standard InChI is InChI=1S/C36H41N3O5S/c1-5-28(3)37-36(41)34(23-29-15-8-6-9-16-29)38(25-30-17-12-14-27(2)22-30)35(40)26-39(31-18-13-19-32(24-31)44-4)45(42,43)33-20-10-7-11-21-33/h6-22,24,28,34H,5,23,25-26H2,1-4H3,(H,37,41)/t28-,34+/m1/s1. The normalized spacial score (nSPS) is 12.5. The van der Waals surface area contributed by atoms with Crippen LogP contribution in [0, 0.1) is 6.92 Å². The summed E-state index contributed by atoms with van der Waals surface area (Å²) < 4.78 is 34.7. The van der Waals surface area contributed by atoms with Crippen molar-refractivity contribution in [2.45, 2.75) is 57.1 Å². The Morgan fingerprint density at radius 3 is 2.13 bits per heavy atom. The van der Waals surface area contributed by atoms with Crippen molar-refractivity contribution in [3.63, 3.8) is 0 Å². The number of rotatable bonds is 14. The minimum atomic E-state index is -4.19. The van der Waals surface area contributed by atoms with Gasteiger partial charge in [0.05, 0.1) is 17.7 Å². The number of nitrogens with zero attached hydrogens (tertiary/aromatic N) is 2. The predicted molar refractivity (Wildman–Crippen MR) is 178 cm³/mol. The van der Waals surface area contributed by atoms with Crippen molar-refractivity contribution >= 4 is 27.5 Å². The van der Waals surface area contributed by atoms with Gasteiger partial charge in [-0.25, -0.2) is 8.42 Å². The highest BCUT2D eigenvalue weighted by atomic mass is 32.2. The first kappa shape index (κ1) is 33.3. The van der Waals surface area contributed by atoms with E-state index in [-0.39, 0.29) is 35.5 Å². The van der Waals surface area contributed by atoms with E-state index in [1.54, 1.807) is 42.5 Å². The lowest BCUT2D eigenvalue weighted by atomic mass is 10.0. The SMILES string of the molecule is CC[C@@H](C)NC(=O)[C@H](Cc1ccccc1)N(Cc1cccc(C)c1)C(=O)CN(c1cccc(OC)c1)S(=O)(=O)c1ccccc1. The van der Waals surface area contributed by atoms with Gasteiger partial charge in [0.2, 0.25) is 11.8 Å². The molecule has 9 heteroatoms. The first-order valence-corrected chi connectivity index (χ1v) is 16.5. The smallest absolute Gasteiger partial charge is 0.264 e. The van der Waals surface area contributed by atoms with Crippen molar-refractivity contribution in [3.8, 4) is 5.75 Å². The van der Waals surface area contributed by atoms with E-state index in [1.165, 1.54) is 24.1 Å². The Kier molecular flexibility index (Phi) is 11.4. The van der Waals surface area contributed by atoms with E-state index in [9.17, 15) is 18.0 Å². The average Bonchev–Trinajstić information content (AvgIpc) is 3.05. The number of sulfonamides is 1. The van der Waals surface area contributed by atoms with Gasteiger partial charge in [0.25, 0.3) is 10.0 Å². The van der Waals surface area contributed by atoms with E-state index >= 15 is 0 Å². The predicted octanol–water partition coefficient (Wildman–Crippen LogP) is 5.75. The highest BCUT2D eigenvalue weighted by Gasteiger charge is 2.35. The topological polar surface area (TPSA) is 96.0 Å². The number of anilines is 1. The van der Waals surface area contributed by atoms with Crippen LogP contribution in [0.2, 0.25) is 0 Å². The number of methoxy groups -OCH3 is 1. The van der Waals surface area contributed by atoms with Gasteiger partial charge in [-0.05, 0) is 55.7 Å². The number of ether oxygens (including phenoxy) is 1. The van der Waals surface area contributed by atoms with Gasteiger partial charge in [0.1, 0.15) is 18.3 Å². The quantitative estimate of drug-likeness (QED) is 0.192. The van der Waals surface area contributed by atoms with E-state index < -0.39 is 28.5 Å². The third-order valence-electron chi connectivity index (χ3n) is 7.66. The third-order valence-corrected chi connectivity index (χ3v) is 9.45. The van der Waals surface area contributed by atoms with Gasteiger partial charge in [0, 0.05) is 25.1 Å². The number of carbonyl (C=O) groups excluding carboxylic acids is 2. The van der Waals surface area contributed by atoms with Gasteiger partial charge in [-0.2, -0.15) is 0 Å². The molecule has 2 atom stereocenters. The van der Waals surface area contributed by atoms with Crippen LogP contribution in [0.25, 0.3) is 0 Å². The molecule has 4 aromatic rings.